The zero-order valence-corrected chi connectivity index (χ0v) is 22.2. The van der Waals surface area contributed by atoms with E-state index in [9.17, 15) is 4.39 Å². The van der Waals surface area contributed by atoms with Crippen LogP contribution >= 0.6 is 0 Å². The number of imidazole rings is 1. The van der Waals surface area contributed by atoms with Gasteiger partial charge in [-0.2, -0.15) is 0 Å². The van der Waals surface area contributed by atoms with Crippen molar-refractivity contribution in [2.24, 2.45) is 0 Å². The van der Waals surface area contributed by atoms with Crippen molar-refractivity contribution >= 4 is 22.6 Å². The SMILES string of the molecule is C=C/C=C(/c1cc(F)cc(NCCN(C)C)c1)c1nc(Cc2c(N)cnc(-c3cncc(N)c3)c2F)[nH]c1C. The minimum Gasteiger partial charge on any atom is -0.397 e. The molecule has 0 aliphatic carbocycles. The number of nitrogens with one attached hydrogen (secondary N) is 2. The number of hydrogen-bond donors (Lipinski definition) is 4. The molecule has 0 amide bonds. The predicted octanol–water partition coefficient (Wildman–Crippen LogP) is 4.80. The van der Waals surface area contributed by atoms with Crippen LogP contribution in [0.15, 0.2) is 61.6 Å². The summed E-state index contributed by atoms with van der Waals surface area (Å²) >= 11 is 0. The van der Waals surface area contributed by atoms with Crippen LogP contribution in [0.2, 0.25) is 0 Å². The molecule has 8 nitrogen and oxygen atoms in total. The van der Waals surface area contributed by atoms with Crippen molar-refractivity contribution < 1.29 is 8.78 Å². The summed E-state index contributed by atoms with van der Waals surface area (Å²) in [6.45, 7) is 7.14. The minimum absolute atomic E-state index is 0.0889. The van der Waals surface area contributed by atoms with E-state index in [4.69, 9.17) is 16.5 Å². The molecule has 0 atom stereocenters. The molecule has 0 radical (unpaired) electrons. The van der Waals surface area contributed by atoms with Gasteiger partial charge in [0.1, 0.15) is 17.3 Å². The molecule has 3 heterocycles. The molecule has 1 aromatic carbocycles. The molecule has 0 aliphatic rings. The van der Waals surface area contributed by atoms with Crippen LogP contribution in [0, 0.1) is 18.6 Å². The zero-order chi connectivity index (χ0) is 28.1. The Bertz CT molecular complexity index is 1520. The topological polar surface area (TPSA) is 122 Å². The normalized spacial score (nSPS) is 11.7. The van der Waals surface area contributed by atoms with Crippen LogP contribution in [-0.4, -0.2) is 52.0 Å². The number of rotatable bonds is 10. The lowest BCUT2D eigenvalue weighted by molar-refractivity contribution is 0.425. The summed E-state index contributed by atoms with van der Waals surface area (Å²) in [5.74, 6) is -0.455. The van der Waals surface area contributed by atoms with Gasteiger partial charge in [0.05, 0.1) is 23.3 Å². The second-order valence-electron chi connectivity index (χ2n) is 9.47. The van der Waals surface area contributed by atoms with E-state index in [1.165, 1.54) is 30.7 Å². The summed E-state index contributed by atoms with van der Waals surface area (Å²) < 4.78 is 30.2. The Morgan fingerprint density at radius 2 is 1.92 bits per heavy atom. The average Bonchev–Trinajstić information content (AvgIpc) is 3.24. The van der Waals surface area contributed by atoms with E-state index in [2.05, 4.69) is 26.8 Å². The van der Waals surface area contributed by atoms with Gasteiger partial charge in [0.25, 0.3) is 0 Å². The Balaban J connectivity index is 1.67. The van der Waals surface area contributed by atoms with E-state index in [0.29, 0.717) is 46.1 Å². The first-order valence-electron chi connectivity index (χ1n) is 12.4. The maximum Gasteiger partial charge on any atom is 0.155 e. The zero-order valence-electron chi connectivity index (χ0n) is 22.2. The van der Waals surface area contributed by atoms with Crippen LogP contribution in [0.1, 0.15) is 28.3 Å². The van der Waals surface area contributed by atoms with Crippen LogP contribution in [0.5, 0.6) is 0 Å². The molecule has 10 heteroatoms. The Morgan fingerprint density at radius 3 is 2.64 bits per heavy atom. The largest absolute Gasteiger partial charge is 0.397 e. The van der Waals surface area contributed by atoms with Gasteiger partial charge < -0.3 is 26.7 Å². The maximum absolute atomic E-state index is 15.6. The molecule has 4 aromatic rings. The lowest BCUT2D eigenvalue weighted by atomic mass is 10.00. The second kappa shape index (κ2) is 11.9. The van der Waals surface area contributed by atoms with Gasteiger partial charge in [-0.25, -0.2) is 13.8 Å². The number of hydrogen-bond acceptors (Lipinski definition) is 7. The molecule has 0 spiro atoms. The quantitative estimate of drug-likeness (QED) is 0.217. The van der Waals surface area contributed by atoms with Crippen molar-refractivity contribution in [2.75, 3.05) is 44.0 Å². The lowest BCUT2D eigenvalue weighted by Gasteiger charge is -2.13. The summed E-state index contributed by atoms with van der Waals surface area (Å²) in [6.07, 6.45) is 7.87. The number of aromatic amines is 1. The van der Waals surface area contributed by atoms with Gasteiger partial charge in [-0.1, -0.05) is 18.7 Å². The number of halogens is 2. The number of likely N-dealkylation sites (N-methyl/N-ethyl adjacent to an activating group) is 1. The van der Waals surface area contributed by atoms with E-state index < -0.39 is 5.82 Å². The molecule has 6 N–H and O–H groups in total. The molecule has 0 unspecified atom stereocenters. The standard InChI is InChI=1S/C29H32F2N8/c1-5-6-23(18-9-20(30)12-22(11-18)35-7-8-39(3)4)28-17(2)37-26(38-28)13-24-25(33)16-36-29(27(24)31)19-10-21(32)15-34-14-19/h5-6,9-12,14-16,35H,1,7-8,13,32-33H2,2-4H3,(H,37,38)/b23-6-. The number of nitrogens with two attached hydrogens (primary N) is 2. The van der Waals surface area contributed by atoms with Gasteiger partial charge in [-0.05, 0) is 50.8 Å². The summed E-state index contributed by atoms with van der Waals surface area (Å²) in [6, 6.07) is 6.37. The fourth-order valence-electron chi connectivity index (χ4n) is 4.24. The molecule has 3 aromatic heterocycles. The third-order valence-electron chi connectivity index (χ3n) is 6.10. The van der Waals surface area contributed by atoms with Crippen LogP contribution in [0.3, 0.4) is 0 Å². The van der Waals surface area contributed by atoms with Crippen LogP contribution in [-0.2, 0) is 6.42 Å². The van der Waals surface area contributed by atoms with Gasteiger partial charge in [-0.15, -0.1) is 0 Å². The molecule has 0 bridgehead atoms. The van der Waals surface area contributed by atoms with Gasteiger partial charge in [0.2, 0.25) is 0 Å². The van der Waals surface area contributed by atoms with Gasteiger partial charge in [0.15, 0.2) is 5.82 Å². The molecule has 202 valence electrons. The summed E-state index contributed by atoms with van der Waals surface area (Å²) in [4.78, 5) is 18.2. The van der Waals surface area contributed by atoms with E-state index in [1.807, 2.05) is 32.0 Å². The van der Waals surface area contributed by atoms with Crippen molar-refractivity contribution in [1.29, 1.82) is 0 Å². The fourth-order valence-corrected chi connectivity index (χ4v) is 4.24. The number of anilines is 3. The number of aryl methyl sites for hydroxylation is 1. The van der Waals surface area contributed by atoms with Crippen LogP contribution in [0.25, 0.3) is 16.8 Å². The molecule has 4 rings (SSSR count). The highest BCUT2D eigenvalue weighted by molar-refractivity contribution is 5.81. The fraction of sp³-hybridized carbons (Fsp3) is 0.207. The second-order valence-corrected chi connectivity index (χ2v) is 9.47. The highest BCUT2D eigenvalue weighted by atomic mass is 19.1. The number of aromatic nitrogens is 4. The number of benzene rings is 1. The number of H-pyrrole nitrogens is 1. The molecule has 39 heavy (non-hydrogen) atoms. The monoisotopic (exact) mass is 530 g/mol. The third kappa shape index (κ3) is 6.47. The molecule has 0 saturated carbocycles. The summed E-state index contributed by atoms with van der Waals surface area (Å²) in [7, 11) is 3.95. The third-order valence-corrected chi connectivity index (χ3v) is 6.10. The highest BCUT2D eigenvalue weighted by Gasteiger charge is 2.20. The first-order chi connectivity index (χ1) is 18.7. The molecule has 0 aliphatic heterocycles. The number of nitrogens with zero attached hydrogens (tertiary/aromatic N) is 4. The smallest absolute Gasteiger partial charge is 0.155 e. The number of nitrogen functional groups attached to an aromatic ring is 2. The van der Waals surface area contributed by atoms with Crippen molar-refractivity contribution in [3.8, 4) is 11.3 Å². The molecular weight excluding hydrogens is 498 g/mol. The van der Waals surface area contributed by atoms with E-state index in [-0.39, 0.29) is 29.2 Å². The van der Waals surface area contributed by atoms with E-state index in [1.54, 1.807) is 18.2 Å². The molecule has 0 saturated heterocycles. The summed E-state index contributed by atoms with van der Waals surface area (Å²) in [5, 5.41) is 3.26. The van der Waals surface area contributed by atoms with Crippen molar-refractivity contribution in [1.82, 2.24) is 24.8 Å². The minimum atomic E-state index is -0.571. The van der Waals surface area contributed by atoms with Crippen LogP contribution in [0.4, 0.5) is 25.8 Å². The van der Waals surface area contributed by atoms with Gasteiger partial charge >= 0.3 is 0 Å². The number of pyridine rings is 2. The molecular formula is C29H32F2N8. The maximum atomic E-state index is 15.6. The first-order valence-corrected chi connectivity index (χ1v) is 12.4. The Kier molecular flexibility index (Phi) is 8.36. The van der Waals surface area contributed by atoms with E-state index >= 15 is 4.39 Å². The number of allylic oxidation sites excluding steroid dienone is 2. The molecule has 0 fully saturated rings. The Hall–Kier alpha value is -4.57. The van der Waals surface area contributed by atoms with Crippen LogP contribution < -0.4 is 16.8 Å². The van der Waals surface area contributed by atoms with Crippen molar-refractivity contribution in [2.45, 2.75) is 13.3 Å². The highest BCUT2D eigenvalue weighted by Crippen LogP contribution is 2.31. The van der Waals surface area contributed by atoms with E-state index in [0.717, 1.165) is 12.2 Å². The summed E-state index contributed by atoms with van der Waals surface area (Å²) in [5.41, 5.74) is 16.6. The van der Waals surface area contributed by atoms with Crippen molar-refractivity contribution in [3.05, 3.63) is 102 Å². The van der Waals surface area contributed by atoms with Gasteiger partial charge in [0, 0.05) is 60.0 Å². The lowest BCUT2D eigenvalue weighted by Crippen LogP contribution is -2.20. The van der Waals surface area contributed by atoms with Crippen molar-refractivity contribution in [3.63, 3.8) is 0 Å². The first kappa shape index (κ1) is 27.5. The van der Waals surface area contributed by atoms with Gasteiger partial charge in [-0.3, -0.25) is 9.97 Å². The Morgan fingerprint density at radius 1 is 1.13 bits per heavy atom. The average molecular weight is 531 g/mol. The Labute approximate surface area is 226 Å². The predicted molar refractivity (Wildman–Crippen MR) is 153 cm³/mol.